The number of nitrogens with zero attached hydrogens (tertiary/aromatic N) is 1. The van der Waals surface area contributed by atoms with E-state index < -0.39 is 18.2 Å². The molecule has 0 heterocycles. The van der Waals surface area contributed by atoms with Crippen LogP contribution >= 0.6 is 0 Å². The van der Waals surface area contributed by atoms with Crippen molar-refractivity contribution in [3.8, 4) is 6.07 Å². The summed E-state index contributed by atoms with van der Waals surface area (Å²) >= 11 is 0. The molecule has 90 valence electrons. The number of benzene rings is 1. The van der Waals surface area contributed by atoms with Gasteiger partial charge in [0.05, 0.1) is 19.6 Å². The van der Waals surface area contributed by atoms with Gasteiger partial charge in [0.25, 0.3) is 0 Å². The Hall–Kier alpha value is -1.90. The number of carbonyl (C=O) groups excluding carboxylic acids is 1. The Morgan fingerprint density at radius 1 is 1.53 bits per heavy atom. The zero-order valence-electron chi connectivity index (χ0n) is 9.33. The van der Waals surface area contributed by atoms with Crippen molar-refractivity contribution >= 4 is 5.97 Å². The van der Waals surface area contributed by atoms with Crippen LogP contribution in [0.25, 0.3) is 0 Å². The zero-order valence-corrected chi connectivity index (χ0v) is 9.33. The largest absolute Gasteiger partial charge is 0.469 e. The number of esters is 1. The van der Waals surface area contributed by atoms with Gasteiger partial charge in [-0.2, -0.15) is 5.26 Å². The standard InChI is InChI=1S/C12H13NO4/c1-17-11(15)6-8-3-2-4-9(5-8)12(16)10(14)7-13/h2-5,10,12,14,16H,6H2,1H3. The van der Waals surface area contributed by atoms with Crippen LogP contribution in [-0.2, 0) is 16.0 Å². The van der Waals surface area contributed by atoms with Crippen molar-refractivity contribution in [3.63, 3.8) is 0 Å². The van der Waals surface area contributed by atoms with Gasteiger partial charge in [-0.25, -0.2) is 0 Å². The van der Waals surface area contributed by atoms with Gasteiger partial charge in [-0.15, -0.1) is 0 Å². The van der Waals surface area contributed by atoms with Crippen LogP contribution in [0.4, 0.5) is 0 Å². The number of aliphatic hydroxyl groups excluding tert-OH is 2. The lowest BCUT2D eigenvalue weighted by atomic mass is 10.0. The number of aliphatic hydroxyl groups is 2. The molecule has 0 saturated carbocycles. The van der Waals surface area contributed by atoms with E-state index in [-0.39, 0.29) is 6.42 Å². The maximum Gasteiger partial charge on any atom is 0.309 e. The molecular weight excluding hydrogens is 222 g/mol. The molecule has 5 nitrogen and oxygen atoms in total. The average molecular weight is 235 g/mol. The summed E-state index contributed by atoms with van der Waals surface area (Å²) in [6.45, 7) is 0. The second-order valence-electron chi connectivity index (χ2n) is 3.52. The lowest BCUT2D eigenvalue weighted by molar-refractivity contribution is -0.139. The normalized spacial score (nSPS) is 13.5. The molecule has 1 rings (SSSR count). The summed E-state index contributed by atoms with van der Waals surface area (Å²) in [6.07, 6.45) is -2.68. The van der Waals surface area contributed by atoms with Gasteiger partial charge in [0.2, 0.25) is 0 Å². The van der Waals surface area contributed by atoms with E-state index in [2.05, 4.69) is 4.74 Å². The number of rotatable bonds is 4. The summed E-state index contributed by atoms with van der Waals surface area (Å²) in [5.41, 5.74) is 1.04. The molecule has 2 N–H and O–H groups in total. The second-order valence-corrected chi connectivity index (χ2v) is 3.52. The Morgan fingerprint density at radius 2 is 2.24 bits per heavy atom. The molecule has 2 unspecified atom stereocenters. The number of nitriles is 1. The van der Waals surface area contributed by atoms with Crippen molar-refractivity contribution in [2.45, 2.75) is 18.6 Å². The summed E-state index contributed by atoms with van der Waals surface area (Å²) in [6, 6.07) is 8.02. The SMILES string of the molecule is COC(=O)Cc1cccc(C(O)C(O)C#N)c1. The minimum atomic E-state index is -1.48. The smallest absolute Gasteiger partial charge is 0.309 e. The van der Waals surface area contributed by atoms with E-state index in [4.69, 9.17) is 5.26 Å². The molecule has 0 aromatic heterocycles. The topological polar surface area (TPSA) is 90.6 Å². The molecule has 1 aromatic rings. The molecular formula is C12H13NO4. The van der Waals surface area contributed by atoms with Crippen LogP contribution in [0.3, 0.4) is 0 Å². The molecule has 0 spiro atoms. The number of hydrogen-bond donors (Lipinski definition) is 2. The van der Waals surface area contributed by atoms with E-state index in [1.54, 1.807) is 30.3 Å². The number of carbonyl (C=O) groups is 1. The summed E-state index contributed by atoms with van der Waals surface area (Å²) in [4.78, 5) is 11.1. The Labute approximate surface area is 98.9 Å². The first kappa shape index (κ1) is 13.2. The highest BCUT2D eigenvalue weighted by Crippen LogP contribution is 2.18. The molecule has 0 aliphatic heterocycles. The molecule has 17 heavy (non-hydrogen) atoms. The average Bonchev–Trinajstić information content (AvgIpc) is 2.37. The predicted octanol–water partition coefficient (Wildman–Crippen LogP) is 0.320. The zero-order chi connectivity index (χ0) is 12.8. The van der Waals surface area contributed by atoms with Gasteiger partial charge in [-0.3, -0.25) is 4.79 Å². The molecule has 0 fully saturated rings. The second kappa shape index (κ2) is 5.99. The fourth-order valence-corrected chi connectivity index (χ4v) is 1.38. The van der Waals surface area contributed by atoms with E-state index >= 15 is 0 Å². The molecule has 0 amide bonds. The van der Waals surface area contributed by atoms with E-state index in [1.807, 2.05) is 0 Å². The van der Waals surface area contributed by atoms with Crippen LogP contribution in [0.5, 0.6) is 0 Å². The third kappa shape index (κ3) is 3.55. The van der Waals surface area contributed by atoms with Gasteiger partial charge < -0.3 is 14.9 Å². The van der Waals surface area contributed by atoms with Crippen molar-refractivity contribution in [2.75, 3.05) is 7.11 Å². The Balaban J connectivity index is 2.86. The van der Waals surface area contributed by atoms with Crippen LogP contribution in [0, 0.1) is 11.3 Å². The van der Waals surface area contributed by atoms with E-state index in [0.717, 1.165) is 0 Å². The maximum atomic E-state index is 11.1. The number of ether oxygens (including phenoxy) is 1. The van der Waals surface area contributed by atoms with E-state index in [9.17, 15) is 15.0 Å². The maximum absolute atomic E-state index is 11.1. The van der Waals surface area contributed by atoms with Gasteiger partial charge in [-0.05, 0) is 11.1 Å². The van der Waals surface area contributed by atoms with E-state index in [0.29, 0.717) is 11.1 Å². The van der Waals surface area contributed by atoms with Crippen molar-refractivity contribution in [3.05, 3.63) is 35.4 Å². The lowest BCUT2D eigenvalue weighted by Gasteiger charge is -2.12. The van der Waals surface area contributed by atoms with Gasteiger partial charge in [0.15, 0.2) is 6.10 Å². The third-order valence-electron chi connectivity index (χ3n) is 2.30. The first-order valence-corrected chi connectivity index (χ1v) is 5.00. The van der Waals surface area contributed by atoms with Gasteiger partial charge in [0.1, 0.15) is 6.10 Å². The predicted molar refractivity (Wildman–Crippen MR) is 58.7 cm³/mol. The Kier molecular flexibility index (Phi) is 4.64. The number of methoxy groups -OCH3 is 1. The first-order valence-electron chi connectivity index (χ1n) is 5.00. The fourth-order valence-electron chi connectivity index (χ4n) is 1.38. The van der Waals surface area contributed by atoms with Crippen molar-refractivity contribution in [1.29, 1.82) is 5.26 Å². The summed E-state index contributed by atoms with van der Waals surface area (Å²) < 4.78 is 4.52. The van der Waals surface area contributed by atoms with Crippen LogP contribution in [-0.4, -0.2) is 29.4 Å². The molecule has 0 saturated heterocycles. The van der Waals surface area contributed by atoms with Gasteiger partial charge in [-0.1, -0.05) is 24.3 Å². The van der Waals surface area contributed by atoms with E-state index in [1.165, 1.54) is 7.11 Å². The molecule has 0 aliphatic carbocycles. The Morgan fingerprint density at radius 3 is 2.82 bits per heavy atom. The third-order valence-corrected chi connectivity index (χ3v) is 2.30. The van der Waals surface area contributed by atoms with Crippen molar-refractivity contribution in [2.24, 2.45) is 0 Å². The monoisotopic (exact) mass is 235 g/mol. The quantitative estimate of drug-likeness (QED) is 0.579. The fraction of sp³-hybridized carbons (Fsp3) is 0.333. The van der Waals surface area contributed by atoms with Crippen LogP contribution < -0.4 is 0 Å². The van der Waals surface area contributed by atoms with Crippen LogP contribution in [0.1, 0.15) is 17.2 Å². The molecule has 0 aliphatic rings. The highest BCUT2D eigenvalue weighted by Gasteiger charge is 2.18. The van der Waals surface area contributed by atoms with Gasteiger partial charge >= 0.3 is 5.97 Å². The molecule has 1 aromatic carbocycles. The highest BCUT2D eigenvalue weighted by molar-refractivity contribution is 5.72. The van der Waals surface area contributed by atoms with Crippen LogP contribution in [0.2, 0.25) is 0 Å². The van der Waals surface area contributed by atoms with Crippen molar-refractivity contribution < 1.29 is 19.7 Å². The Bertz CT molecular complexity index is 438. The molecule has 0 radical (unpaired) electrons. The minimum Gasteiger partial charge on any atom is -0.469 e. The number of hydrogen-bond acceptors (Lipinski definition) is 5. The first-order chi connectivity index (χ1) is 8.08. The highest BCUT2D eigenvalue weighted by atomic mass is 16.5. The van der Waals surface area contributed by atoms with Crippen LogP contribution in [0.15, 0.2) is 24.3 Å². The molecule has 2 atom stereocenters. The lowest BCUT2D eigenvalue weighted by Crippen LogP contribution is -2.16. The summed E-state index contributed by atoms with van der Waals surface area (Å²) in [5.74, 6) is -0.391. The molecule has 5 heteroatoms. The molecule has 0 bridgehead atoms. The minimum absolute atomic E-state index is 0.0830. The summed E-state index contributed by atoms with van der Waals surface area (Å²) in [7, 11) is 1.29. The summed E-state index contributed by atoms with van der Waals surface area (Å²) in [5, 5.41) is 27.3. The van der Waals surface area contributed by atoms with Crippen molar-refractivity contribution in [1.82, 2.24) is 0 Å². The van der Waals surface area contributed by atoms with Gasteiger partial charge in [0, 0.05) is 0 Å².